The van der Waals surface area contributed by atoms with Gasteiger partial charge in [-0.15, -0.1) is 10.2 Å². The lowest BCUT2D eigenvalue weighted by Crippen LogP contribution is -2.29. The SMILES string of the molecule is Cn1cnnc1SCC(=O)NCCOc1ccc(Cl)cc1. The highest BCUT2D eigenvalue weighted by molar-refractivity contribution is 7.99. The van der Waals surface area contributed by atoms with E-state index in [4.69, 9.17) is 16.3 Å². The summed E-state index contributed by atoms with van der Waals surface area (Å²) in [5.74, 6) is 0.956. The lowest BCUT2D eigenvalue weighted by molar-refractivity contribution is -0.118. The summed E-state index contributed by atoms with van der Waals surface area (Å²) >= 11 is 7.12. The minimum Gasteiger partial charge on any atom is -0.492 e. The van der Waals surface area contributed by atoms with Crippen molar-refractivity contribution in [3.8, 4) is 5.75 Å². The number of rotatable bonds is 7. The summed E-state index contributed by atoms with van der Waals surface area (Å²) in [6.07, 6.45) is 1.60. The zero-order valence-electron chi connectivity index (χ0n) is 11.5. The van der Waals surface area contributed by atoms with Gasteiger partial charge in [0.05, 0.1) is 12.3 Å². The molecule has 0 saturated heterocycles. The number of halogens is 1. The van der Waals surface area contributed by atoms with Crippen LogP contribution in [0.2, 0.25) is 5.02 Å². The van der Waals surface area contributed by atoms with Crippen LogP contribution in [0.4, 0.5) is 0 Å². The van der Waals surface area contributed by atoms with E-state index in [2.05, 4.69) is 15.5 Å². The van der Waals surface area contributed by atoms with E-state index in [0.717, 1.165) is 5.75 Å². The maximum absolute atomic E-state index is 11.6. The Labute approximate surface area is 131 Å². The summed E-state index contributed by atoms with van der Waals surface area (Å²) in [6, 6.07) is 7.09. The molecule has 2 rings (SSSR count). The average Bonchev–Trinajstić information content (AvgIpc) is 2.89. The van der Waals surface area contributed by atoms with Crippen LogP contribution >= 0.6 is 23.4 Å². The molecule has 0 bridgehead atoms. The number of hydrogen-bond donors (Lipinski definition) is 1. The second kappa shape index (κ2) is 7.90. The molecule has 0 radical (unpaired) electrons. The van der Waals surface area contributed by atoms with E-state index in [1.807, 2.05) is 7.05 Å². The Morgan fingerprint density at radius 3 is 2.86 bits per heavy atom. The van der Waals surface area contributed by atoms with E-state index in [0.29, 0.717) is 29.1 Å². The second-order valence-electron chi connectivity index (χ2n) is 4.17. The predicted octanol–water partition coefficient (Wildman–Crippen LogP) is 1.76. The zero-order chi connectivity index (χ0) is 15.1. The van der Waals surface area contributed by atoms with Gasteiger partial charge in [-0.3, -0.25) is 4.79 Å². The second-order valence-corrected chi connectivity index (χ2v) is 5.54. The molecule has 0 unspecified atom stereocenters. The van der Waals surface area contributed by atoms with Gasteiger partial charge in [0.1, 0.15) is 18.7 Å². The molecule has 1 amide bonds. The summed E-state index contributed by atoms with van der Waals surface area (Å²) in [4.78, 5) is 11.6. The maximum Gasteiger partial charge on any atom is 0.230 e. The van der Waals surface area contributed by atoms with Crippen molar-refractivity contribution in [3.05, 3.63) is 35.6 Å². The van der Waals surface area contributed by atoms with Gasteiger partial charge in [0, 0.05) is 12.1 Å². The van der Waals surface area contributed by atoms with Gasteiger partial charge in [0.15, 0.2) is 5.16 Å². The van der Waals surface area contributed by atoms with Crippen LogP contribution < -0.4 is 10.1 Å². The number of amides is 1. The summed E-state index contributed by atoms with van der Waals surface area (Å²) in [6.45, 7) is 0.850. The smallest absolute Gasteiger partial charge is 0.230 e. The topological polar surface area (TPSA) is 69.0 Å². The van der Waals surface area contributed by atoms with Crippen LogP contribution in [0.25, 0.3) is 0 Å². The molecule has 0 saturated carbocycles. The Morgan fingerprint density at radius 1 is 1.43 bits per heavy atom. The predicted molar refractivity (Wildman–Crippen MR) is 81.7 cm³/mol. The molecule has 0 aliphatic carbocycles. The van der Waals surface area contributed by atoms with E-state index in [1.54, 1.807) is 35.2 Å². The minimum absolute atomic E-state index is 0.0669. The van der Waals surface area contributed by atoms with Gasteiger partial charge < -0.3 is 14.6 Å². The third-order valence-corrected chi connectivity index (χ3v) is 3.80. The van der Waals surface area contributed by atoms with Crippen LogP contribution in [-0.4, -0.2) is 39.6 Å². The summed E-state index contributed by atoms with van der Waals surface area (Å²) < 4.78 is 7.24. The van der Waals surface area contributed by atoms with E-state index >= 15 is 0 Å². The number of benzene rings is 1. The van der Waals surface area contributed by atoms with E-state index in [-0.39, 0.29) is 5.91 Å². The van der Waals surface area contributed by atoms with Crippen LogP contribution in [0.5, 0.6) is 5.75 Å². The normalized spacial score (nSPS) is 10.4. The molecule has 0 atom stereocenters. The molecule has 112 valence electrons. The molecule has 2 aromatic rings. The Kier molecular flexibility index (Phi) is 5.89. The van der Waals surface area contributed by atoms with Gasteiger partial charge in [0.2, 0.25) is 5.91 Å². The molecule has 1 heterocycles. The van der Waals surface area contributed by atoms with Crippen molar-refractivity contribution in [2.45, 2.75) is 5.16 Å². The lowest BCUT2D eigenvalue weighted by Gasteiger charge is -2.07. The number of ether oxygens (including phenoxy) is 1. The Balaban J connectivity index is 1.61. The number of thioether (sulfide) groups is 1. The molecule has 0 aliphatic heterocycles. The number of carbonyl (C=O) groups is 1. The first kappa shape index (κ1) is 15.7. The van der Waals surface area contributed by atoms with E-state index < -0.39 is 0 Å². The summed E-state index contributed by atoms with van der Waals surface area (Å²) in [5.41, 5.74) is 0. The lowest BCUT2D eigenvalue weighted by atomic mass is 10.3. The molecule has 21 heavy (non-hydrogen) atoms. The highest BCUT2D eigenvalue weighted by Gasteiger charge is 2.06. The Morgan fingerprint density at radius 2 is 2.19 bits per heavy atom. The van der Waals surface area contributed by atoms with Gasteiger partial charge in [-0.2, -0.15) is 0 Å². The summed E-state index contributed by atoms with van der Waals surface area (Å²) in [5, 5.41) is 11.8. The van der Waals surface area contributed by atoms with Crippen molar-refractivity contribution in [3.63, 3.8) is 0 Å². The minimum atomic E-state index is -0.0669. The van der Waals surface area contributed by atoms with Crippen LogP contribution in [0.15, 0.2) is 35.7 Å². The van der Waals surface area contributed by atoms with Crippen molar-refractivity contribution in [2.75, 3.05) is 18.9 Å². The zero-order valence-corrected chi connectivity index (χ0v) is 13.0. The third kappa shape index (κ3) is 5.28. The van der Waals surface area contributed by atoms with Crippen molar-refractivity contribution in [1.82, 2.24) is 20.1 Å². The van der Waals surface area contributed by atoms with Crippen molar-refractivity contribution < 1.29 is 9.53 Å². The van der Waals surface area contributed by atoms with Crippen LogP contribution in [0, 0.1) is 0 Å². The first-order valence-corrected chi connectivity index (χ1v) is 7.63. The fourth-order valence-electron chi connectivity index (χ4n) is 1.47. The molecular weight excluding hydrogens is 312 g/mol. The summed E-state index contributed by atoms with van der Waals surface area (Å²) in [7, 11) is 1.83. The Hall–Kier alpha value is -1.73. The monoisotopic (exact) mass is 326 g/mol. The number of aryl methyl sites for hydroxylation is 1. The fraction of sp³-hybridized carbons (Fsp3) is 0.308. The molecule has 1 aromatic heterocycles. The fourth-order valence-corrected chi connectivity index (χ4v) is 2.32. The third-order valence-electron chi connectivity index (χ3n) is 2.51. The molecular formula is C13H15ClN4O2S. The van der Waals surface area contributed by atoms with Crippen molar-refractivity contribution >= 4 is 29.3 Å². The van der Waals surface area contributed by atoms with Gasteiger partial charge >= 0.3 is 0 Å². The number of aromatic nitrogens is 3. The maximum atomic E-state index is 11.6. The highest BCUT2D eigenvalue weighted by Crippen LogP contribution is 2.15. The van der Waals surface area contributed by atoms with Crippen molar-refractivity contribution in [1.29, 1.82) is 0 Å². The van der Waals surface area contributed by atoms with Gasteiger partial charge in [-0.1, -0.05) is 23.4 Å². The van der Waals surface area contributed by atoms with Crippen LogP contribution in [0.3, 0.4) is 0 Å². The van der Waals surface area contributed by atoms with Gasteiger partial charge in [0.25, 0.3) is 0 Å². The molecule has 6 nitrogen and oxygen atoms in total. The van der Waals surface area contributed by atoms with Crippen LogP contribution in [-0.2, 0) is 11.8 Å². The van der Waals surface area contributed by atoms with Gasteiger partial charge in [-0.05, 0) is 24.3 Å². The van der Waals surface area contributed by atoms with Crippen molar-refractivity contribution in [2.24, 2.45) is 7.05 Å². The largest absolute Gasteiger partial charge is 0.492 e. The molecule has 1 N–H and O–H groups in total. The first-order valence-electron chi connectivity index (χ1n) is 6.27. The number of nitrogens with zero attached hydrogens (tertiary/aromatic N) is 3. The number of carbonyl (C=O) groups excluding carboxylic acids is 1. The molecule has 0 aliphatic rings. The molecule has 0 spiro atoms. The Bertz CT molecular complexity index is 588. The molecule has 0 fully saturated rings. The number of nitrogens with one attached hydrogen (secondary N) is 1. The molecule has 8 heteroatoms. The number of hydrogen-bond acceptors (Lipinski definition) is 5. The van der Waals surface area contributed by atoms with Gasteiger partial charge in [-0.25, -0.2) is 0 Å². The quantitative estimate of drug-likeness (QED) is 0.620. The van der Waals surface area contributed by atoms with E-state index in [1.165, 1.54) is 11.8 Å². The average molecular weight is 327 g/mol. The van der Waals surface area contributed by atoms with Crippen LogP contribution in [0.1, 0.15) is 0 Å². The molecule has 1 aromatic carbocycles. The van der Waals surface area contributed by atoms with E-state index in [9.17, 15) is 4.79 Å². The standard InChI is InChI=1S/C13H15ClN4O2S/c1-18-9-16-17-13(18)21-8-12(19)15-6-7-20-11-4-2-10(14)3-5-11/h2-5,9H,6-8H2,1H3,(H,15,19). The first-order chi connectivity index (χ1) is 10.1. The highest BCUT2D eigenvalue weighted by atomic mass is 35.5.